The molecule has 0 aliphatic carbocycles. The molecule has 1 amide bonds. The number of aromatic nitrogens is 2. The third-order valence-electron chi connectivity index (χ3n) is 5.37. The highest BCUT2D eigenvalue weighted by atomic mass is 19.1. The van der Waals surface area contributed by atoms with Crippen molar-refractivity contribution in [1.82, 2.24) is 9.97 Å². The van der Waals surface area contributed by atoms with E-state index in [9.17, 15) is 18.7 Å². The van der Waals surface area contributed by atoms with Crippen molar-refractivity contribution in [2.45, 2.75) is 18.6 Å². The Kier molecular flexibility index (Phi) is 5.97. The Morgan fingerprint density at radius 1 is 1.19 bits per heavy atom. The summed E-state index contributed by atoms with van der Waals surface area (Å²) in [5.41, 5.74) is 12.5. The van der Waals surface area contributed by atoms with Crippen LogP contribution in [-0.4, -0.2) is 46.2 Å². The van der Waals surface area contributed by atoms with Gasteiger partial charge < -0.3 is 26.8 Å². The van der Waals surface area contributed by atoms with Crippen LogP contribution in [0.2, 0.25) is 0 Å². The second kappa shape index (κ2) is 8.85. The maximum atomic E-state index is 14.2. The fourth-order valence-electron chi connectivity index (χ4n) is 3.66. The summed E-state index contributed by atoms with van der Waals surface area (Å²) >= 11 is 0. The molecule has 3 heterocycles. The molecule has 1 aliphatic heterocycles. The number of anilines is 3. The maximum Gasteiger partial charge on any atom is 0.276 e. The van der Waals surface area contributed by atoms with Crippen LogP contribution in [0.15, 0.2) is 48.8 Å². The van der Waals surface area contributed by atoms with Crippen LogP contribution in [0.5, 0.6) is 0 Å². The molecule has 2 aromatic heterocycles. The van der Waals surface area contributed by atoms with Gasteiger partial charge in [0.15, 0.2) is 5.69 Å². The lowest BCUT2D eigenvalue weighted by Crippen LogP contribution is -2.51. The molecule has 1 saturated heterocycles. The lowest BCUT2D eigenvalue weighted by atomic mass is 10.0. The number of nitrogens with zero attached hydrogens (tertiary/aromatic N) is 3. The van der Waals surface area contributed by atoms with Crippen molar-refractivity contribution in [1.29, 1.82) is 0 Å². The van der Waals surface area contributed by atoms with E-state index in [1.54, 1.807) is 12.3 Å². The molecule has 4 rings (SSSR count). The number of carbonyl (C=O) groups excluding carboxylic acids is 1. The Morgan fingerprint density at radius 3 is 2.66 bits per heavy atom. The topological polar surface area (TPSA) is 130 Å². The number of aliphatic hydroxyl groups is 1. The average molecular weight is 440 g/mol. The first-order valence-corrected chi connectivity index (χ1v) is 10.00. The average Bonchev–Trinajstić information content (AvgIpc) is 2.77. The van der Waals surface area contributed by atoms with E-state index >= 15 is 0 Å². The van der Waals surface area contributed by atoms with Crippen LogP contribution in [-0.2, 0) is 0 Å². The van der Waals surface area contributed by atoms with E-state index in [-0.39, 0.29) is 22.6 Å². The summed E-state index contributed by atoms with van der Waals surface area (Å²) in [6.07, 6.45) is 2.95. The van der Waals surface area contributed by atoms with Crippen LogP contribution < -0.4 is 21.7 Å². The van der Waals surface area contributed by atoms with E-state index in [2.05, 4.69) is 15.3 Å². The number of nitrogens with one attached hydrogen (secondary N) is 1. The number of halogens is 2. The van der Waals surface area contributed by atoms with E-state index in [0.717, 1.165) is 12.1 Å². The van der Waals surface area contributed by atoms with Crippen LogP contribution in [0.4, 0.5) is 25.8 Å². The Morgan fingerprint density at radius 2 is 1.94 bits per heavy atom. The van der Waals surface area contributed by atoms with Crippen molar-refractivity contribution in [3.05, 3.63) is 66.1 Å². The Bertz CT molecular complexity index is 1140. The highest BCUT2D eigenvalue weighted by Gasteiger charge is 2.27. The molecule has 6 N–H and O–H groups in total. The largest absolute Gasteiger partial charge is 0.397 e. The zero-order valence-corrected chi connectivity index (χ0v) is 17.0. The number of benzene rings is 1. The molecular formula is C22H22F2N6O2. The Balaban J connectivity index is 1.63. The number of nitrogen functional groups attached to an aromatic ring is 1. The SMILES string of the molecule is Nc1ccc(-c2c(F)cccc2F)nc1C(=O)Nc1cnccc1N1CC[C@@H](O)[C@@H](N)C1. The molecule has 0 spiro atoms. The number of nitrogens with two attached hydrogens (primary N) is 2. The molecule has 0 saturated carbocycles. The Labute approximate surface area is 182 Å². The van der Waals surface area contributed by atoms with Gasteiger partial charge in [0.2, 0.25) is 0 Å². The first-order chi connectivity index (χ1) is 15.3. The molecule has 10 heteroatoms. The fourth-order valence-corrected chi connectivity index (χ4v) is 3.66. The van der Waals surface area contributed by atoms with Crippen molar-refractivity contribution in [3.63, 3.8) is 0 Å². The number of aliphatic hydroxyl groups excluding tert-OH is 1. The normalized spacial score (nSPS) is 18.4. The standard InChI is InChI=1S/C22H22F2N6O2/c23-12-2-1-3-13(24)20(12)16-5-4-14(25)21(28-16)22(32)29-17-10-27-8-6-18(17)30-9-7-19(31)15(26)11-30/h1-6,8,10,15,19,31H,7,9,11,25-26H2,(H,29,32)/t15-,19+/m0/s1. The first kappa shape index (κ1) is 21.6. The monoisotopic (exact) mass is 440 g/mol. The molecule has 1 aliphatic rings. The molecule has 8 nitrogen and oxygen atoms in total. The predicted octanol–water partition coefficient (Wildman–Crippen LogP) is 2.15. The van der Waals surface area contributed by atoms with E-state index in [4.69, 9.17) is 11.5 Å². The van der Waals surface area contributed by atoms with Crippen molar-refractivity contribution in [3.8, 4) is 11.3 Å². The van der Waals surface area contributed by atoms with Gasteiger partial charge in [-0.3, -0.25) is 9.78 Å². The molecule has 1 fully saturated rings. The summed E-state index contributed by atoms with van der Waals surface area (Å²) < 4.78 is 28.4. The van der Waals surface area contributed by atoms with Crippen LogP contribution in [0.1, 0.15) is 16.9 Å². The van der Waals surface area contributed by atoms with Crippen molar-refractivity contribution in [2.75, 3.05) is 29.0 Å². The molecule has 0 radical (unpaired) electrons. The minimum Gasteiger partial charge on any atom is -0.397 e. The zero-order chi connectivity index (χ0) is 22.8. The summed E-state index contributed by atoms with van der Waals surface area (Å²) in [6, 6.07) is 7.49. The molecule has 0 bridgehead atoms. The van der Waals surface area contributed by atoms with Gasteiger partial charge in [0.1, 0.15) is 11.6 Å². The van der Waals surface area contributed by atoms with Crippen LogP contribution >= 0.6 is 0 Å². The summed E-state index contributed by atoms with van der Waals surface area (Å²) in [5.74, 6) is -2.25. The lowest BCUT2D eigenvalue weighted by molar-refractivity contribution is 0.102. The number of hydrogen-bond acceptors (Lipinski definition) is 7. The van der Waals surface area contributed by atoms with Gasteiger partial charge in [0, 0.05) is 25.3 Å². The molecule has 0 unspecified atom stereocenters. The number of carbonyl (C=O) groups is 1. The summed E-state index contributed by atoms with van der Waals surface area (Å²) in [7, 11) is 0. The first-order valence-electron chi connectivity index (χ1n) is 10.00. The van der Waals surface area contributed by atoms with Gasteiger partial charge in [0.25, 0.3) is 5.91 Å². The molecule has 166 valence electrons. The van der Waals surface area contributed by atoms with E-state index in [0.29, 0.717) is 30.9 Å². The summed E-state index contributed by atoms with van der Waals surface area (Å²) in [6.45, 7) is 0.945. The van der Waals surface area contributed by atoms with E-state index in [1.807, 2.05) is 4.90 Å². The maximum absolute atomic E-state index is 14.2. The van der Waals surface area contributed by atoms with Crippen LogP contribution in [0.25, 0.3) is 11.3 Å². The van der Waals surface area contributed by atoms with Gasteiger partial charge in [-0.25, -0.2) is 13.8 Å². The smallest absolute Gasteiger partial charge is 0.276 e. The fraction of sp³-hybridized carbons (Fsp3) is 0.227. The lowest BCUT2D eigenvalue weighted by Gasteiger charge is -2.36. The van der Waals surface area contributed by atoms with Gasteiger partial charge in [-0.2, -0.15) is 0 Å². The van der Waals surface area contributed by atoms with Gasteiger partial charge in [-0.1, -0.05) is 6.07 Å². The molecule has 2 atom stereocenters. The molecule has 3 aromatic rings. The summed E-state index contributed by atoms with van der Waals surface area (Å²) in [4.78, 5) is 23.1. The van der Waals surface area contributed by atoms with Crippen molar-refractivity contribution >= 4 is 23.0 Å². The number of rotatable bonds is 4. The molecule has 1 aromatic carbocycles. The van der Waals surface area contributed by atoms with Gasteiger partial charge in [-0.05, 0) is 36.8 Å². The highest BCUT2D eigenvalue weighted by molar-refractivity contribution is 6.07. The van der Waals surface area contributed by atoms with Gasteiger partial charge in [0.05, 0.1) is 40.6 Å². The third kappa shape index (κ3) is 4.23. The second-order valence-corrected chi connectivity index (χ2v) is 7.54. The summed E-state index contributed by atoms with van der Waals surface area (Å²) in [5, 5.41) is 12.6. The highest BCUT2D eigenvalue weighted by Crippen LogP contribution is 2.29. The number of hydrogen-bond donors (Lipinski definition) is 4. The molecule has 32 heavy (non-hydrogen) atoms. The minimum atomic E-state index is -0.799. The van der Waals surface area contributed by atoms with Crippen molar-refractivity contribution in [2.24, 2.45) is 5.73 Å². The molecular weight excluding hydrogens is 418 g/mol. The number of pyridine rings is 2. The van der Waals surface area contributed by atoms with Crippen LogP contribution in [0, 0.1) is 11.6 Å². The van der Waals surface area contributed by atoms with Crippen LogP contribution in [0.3, 0.4) is 0 Å². The minimum absolute atomic E-state index is 0.0524. The quantitative estimate of drug-likeness (QED) is 0.489. The predicted molar refractivity (Wildman–Crippen MR) is 117 cm³/mol. The number of piperidine rings is 1. The van der Waals surface area contributed by atoms with Gasteiger partial charge >= 0.3 is 0 Å². The van der Waals surface area contributed by atoms with Crippen molar-refractivity contribution < 1.29 is 18.7 Å². The zero-order valence-electron chi connectivity index (χ0n) is 17.0. The van der Waals surface area contributed by atoms with Gasteiger partial charge in [-0.15, -0.1) is 0 Å². The van der Waals surface area contributed by atoms with E-state index < -0.39 is 29.7 Å². The number of amides is 1. The van der Waals surface area contributed by atoms with E-state index in [1.165, 1.54) is 24.4 Å². The Hall–Kier alpha value is -3.63. The third-order valence-corrected chi connectivity index (χ3v) is 5.37. The second-order valence-electron chi connectivity index (χ2n) is 7.54.